The summed E-state index contributed by atoms with van der Waals surface area (Å²) in [5.41, 5.74) is 0.693. The van der Waals surface area contributed by atoms with Crippen molar-refractivity contribution in [3.8, 4) is 0 Å². The number of aliphatic hydroxyl groups is 1. The third kappa shape index (κ3) is 1.93. The molecule has 3 atom stereocenters. The van der Waals surface area contributed by atoms with Crippen molar-refractivity contribution >= 4 is 5.97 Å². The Labute approximate surface area is 92.5 Å². The molecule has 0 aliphatic heterocycles. The fourth-order valence-electron chi connectivity index (χ4n) is 2.39. The molecule has 4 heteroatoms. The molecule has 0 saturated heterocycles. The molecule has 16 heavy (non-hydrogen) atoms. The predicted molar refractivity (Wildman–Crippen MR) is 55.5 cm³/mol. The second-order valence-corrected chi connectivity index (χ2v) is 4.17. The number of carboxylic acid groups (broad SMARTS) is 1. The van der Waals surface area contributed by atoms with Crippen LogP contribution in [0.25, 0.3) is 0 Å². The first-order valence-corrected chi connectivity index (χ1v) is 5.26. The quantitative estimate of drug-likeness (QED) is 0.804. The van der Waals surface area contributed by atoms with Crippen molar-refractivity contribution in [1.29, 1.82) is 0 Å². The van der Waals surface area contributed by atoms with E-state index in [4.69, 9.17) is 5.11 Å². The van der Waals surface area contributed by atoms with Crippen LogP contribution in [0.2, 0.25) is 0 Å². The van der Waals surface area contributed by atoms with Crippen LogP contribution in [0.15, 0.2) is 24.3 Å². The van der Waals surface area contributed by atoms with Gasteiger partial charge in [-0.3, -0.25) is 4.79 Å². The van der Waals surface area contributed by atoms with Crippen molar-refractivity contribution in [3.05, 3.63) is 35.6 Å². The Hall–Kier alpha value is -1.42. The Kier molecular flexibility index (Phi) is 2.92. The highest BCUT2D eigenvalue weighted by Crippen LogP contribution is 2.39. The van der Waals surface area contributed by atoms with E-state index in [1.807, 2.05) is 0 Å². The van der Waals surface area contributed by atoms with E-state index in [1.165, 1.54) is 12.1 Å². The van der Waals surface area contributed by atoms with E-state index in [2.05, 4.69) is 0 Å². The Balaban J connectivity index is 2.29. The number of carbonyl (C=O) groups is 1. The molecule has 0 aromatic heterocycles. The van der Waals surface area contributed by atoms with E-state index >= 15 is 0 Å². The zero-order valence-corrected chi connectivity index (χ0v) is 8.64. The molecule has 0 radical (unpaired) electrons. The Bertz CT molecular complexity index is 388. The summed E-state index contributed by atoms with van der Waals surface area (Å²) in [5, 5.41) is 18.8. The average molecular weight is 224 g/mol. The SMILES string of the molecule is O=C(O)[C@@H]1CC[C@@H](O)[C@H]1c1ccc(F)cc1. The number of benzene rings is 1. The first kappa shape index (κ1) is 11.1. The number of aliphatic hydroxyl groups excluding tert-OH is 1. The van der Waals surface area contributed by atoms with Gasteiger partial charge in [0, 0.05) is 5.92 Å². The molecule has 1 aliphatic rings. The Morgan fingerprint density at radius 3 is 2.44 bits per heavy atom. The van der Waals surface area contributed by atoms with Gasteiger partial charge >= 0.3 is 5.97 Å². The minimum atomic E-state index is -0.897. The van der Waals surface area contributed by atoms with E-state index in [1.54, 1.807) is 12.1 Å². The number of hydrogen-bond acceptors (Lipinski definition) is 2. The first-order valence-electron chi connectivity index (χ1n) is 5.26. The molecule has 1 saturated carbocycles. The van der Waals surface area contributed by atoms with Gasteiger partial charge in [-0.15, -0.1) is 0 Å². The van der Waals surface area contributed by atoms with Crippen LogP contribution in [0.4, 0.5) is 4.39 Å². The number of rotatable bonds is 2. The van der Waals surface area contributed by atoms with Crippen molar-refractivity contribution < 1.29 is 19.4 Å². The van der Waals surface area contributed by atoms with Gasteiger partial charge in [0.05, 0.1) is 12.0 Å². The maximum Gasteiger partial charge on any atom is 0.307 e. The normalized spacial score (nSPS) is 29.2. The molecule has 0 bridgehead atoms. The van der Waals surface area contributed by atoms with Gasteiger partial charge in [-0.1, -0.05) is 12.1 Å². The molecule has 1 fully saturated rings. The van der Waals surface area contributed by atoms with Gasteiger partial charge < -0.3 is 10.2 Å². The molecule has 1 aromatic rings. The van der Waals surface area contributed by atoms with Gasteiger partial charge in [0.1, 0.15) is 5.82 Å². The van der Waals surface area contributed by atoms with Crippen molar-refractivity contribution in [2.75, 3.05) is 0 Å². The number of hydrogen-bond donors (Lipinski definition) is 2. The highest BCUT2D eigenvalue weighted by atomic mass is 19.1. The Morgan fingerprint density at radius 1 is 1.25 bits per heavy atom. The summed E-state index contributed by atoms with van der Waals surface area (Å²) in [6.45, 7) is 0. The molecular formula is C12H13FO3. The second kappa shape index (κ2) is 4.22. The summed E-state index contributed by atoms with van der Waals surface area (Å²) in [4.78, 5) is 11.0. The van der Waals surface area contributed by atoms with Gasteiger partial charge in [-0.25, -0.2) is 4.39 Å². The fourth-order valence-corrected chi connectivity index (χ4v) is 2.39. The highest BCUT2D eigenvalue weighted by Gasteiger charge is 2.40. The van der Waals surface area contributed by atoms with E-state index < -0.39 is 23.9 Å². The molecule has 1 aromatic carbocycles. The van der Waals surface area contributed by atoms with Crippen molar-refractivity contribution in [3.63, 3.8) is 0 Å². The standard InChI is InChI=1S/C12H13FO3/c13-8-3-1-7(2-4-8)11-9(12(15)16)5-6-10(11)14/h1-4,9-11,14H,5-6H2,(H,15,16)/t9-,10-,11+/m1/s1. The van der Waals surface area contributed by atoms with Crippen LogP contribution in [0.1, 0.15) is 24.3 Å². The fraction of sp³-hybridized carbons (Fsp3) is 0.417. The van der Waals surface area contributed by atoms with Gasteiger partial charge in [0.25, 0.3) is 0 Å². The largest absolute Gasteiger partial charge is 0.481 e. The lowest BCUT2D eigenvalue weighted by atomic mass is 9.88. The molecule has 0 spiro atoms. The molecule has 3 nitrogen and oxygen atoms in total. The Morgan fingerprint density at radius 2 is 1.88 bits per heavy atom. The van der Waals surface area contributed by atoms with E-state index in [-0.39, 0.29) is 5.82 Å². The zero-order valence-electron chi connectivity index (χ0n) is 8.64. The summed E-state index contributed by atoms with van der Waals surface area (Å²) in [6.07, 6.45) is 0.309. The van der Waals surface area contributed by atoms with Crippen molar-refractivity contribution in [2.45, 2.75) is 24.9 Å². The van der Waals surface area contributed by atoms with Crippen LogP contribution in [0.5, 0.6) is 0 Å². The molecule has 2 rings (SSSR count). The summed E-state index contributed by atoms with van der Waals surface area (Å²) < 4.78 is 12.7. The number of halogens is 1. The van der Waals surface area contributed by atoms with Gasteiger partial charge in [0.15, 0.2) is 0 Å². The van der Waals surface area contributed by atoms with E-state index in [9.17, 15) is 14.3 Å². The van der Waals surface area contributed by atoms with Crippen molar-refractivity contribution in [1.82, 2.24) is 0 Å². The van der Waals surface area contributed by atoms with Gasteiger partial charge in [0.2, 0.25) is 0 Å². The molecular weight excluding hydrogens is 211 g/mol. The molecule has 1 aliphatic carbocycles. The predicted octanol–water partition coefficient (Wildman–Crippen LogP) is 1.76. The summed E-state index contributed by atoms with van der Waals surface area (Å²) in [5.74, 6) is -2.24. The lowest BCUT2D eigenvalue weighted by Gasteiger charge is -2.19. The third-order valence-electron chi connectivity index (χ3n) is 3.19. The average Bonchev–Trinajstić information content (AvgIpc) is 2.62. The minimum absolute atomic E-state index is 0.358. The first-order chi connectivity index (χ1) is 7.59. The maximum absolute atomic E-state index is 12.7. The zero-order chi connectivity index (χ0) is 11.7. The van der Waals surface area contributed by atoms with Crippen LogP contribution in [0, 0.1) is 11.7 Å². The van der Waals surface area contributed by atoms with Crippen LogP contribution in [-0.4, -0.2) is 22.3 Å². The highest BCUT2D eigenvalue weighted by molar-refractivity contribution is 5.72. The number of carboxylic acids is 1. The monoisotopic (exact) mass is 224 g/mol. The molecule has 0 heterocycles. The minimum Gasteiger partial charge on any atom is -0.481 e. The van der Waals surface area contributed by atoms with Gasteiger partial charge in [-0.05, 0) is 30.5 Å². The lowest BCUT2D eigenvalue weighted by molar-refractivity contribution is -0.142. The smallest absolute Gasteiger partial charge is 0.307 e. The van der Waals surface area contributed by atoms with E-state index in [0.717, 1.165) is 0 Å². The van der Waals surface area contributed by atoms with Crippen molar-refractivity contribution in [2.24, 2.45) is 5.92 Å². The van der Waals surface area contributed by atoms with Crippen LogP contribution >= 0.6 is 0 Å². The third-order valence-corrected chi connectivity index (χ3v) is 3.19. The van der Waals surface area contributed by atoms with Gasteiger partial charge in [-0.2, -0.15) is 0 Å². The summed E-state index contributed by atoms with van der Waals surface area (Å²) in [6, 6.07) is 5.67. The lowest BCUT2D eigenvalue weighted by Crippen LogP contribution is -2.22. The summed E-state index contributed by atoms with van der Waals surface area (Å²) in [7, 11) is 0. The molecule has 86 valence electrons. The van der Waals surface area contributed by atoms with Crippen LogP contribution in [0.3, 0.4) is 0 Å². The topological polar surface area (TPSA) is 57.5 Å². The maximum atomic E-state index is 12.7. The molecule has 0 amide bonds. The van der Waals surface area contributed by atoms with Crippen LogP contribution in [-0.2, 0) is 4.79 Å². The summed E-state index contributed by atoms with van der Waals surface area (Å²) >= 11 is 0. The van der Waals surface area contributed by atoms with E-state index in [0.29, 0.717) is 18.4 Å². The molecule has 2 N–H and O–H groups in total. The molecule has 0 unspecified atom stereocenters. The second-order valence-electron chi connectivity index (χ2n) is 4.17. The number of aliphatic carboxylic acids is 1. The van der Waals surface area contributed by atoms with Crippen LogP contribution < -0.4 is 0 Å².